The van der Waals surface area contributed by atoms with Gasteiger partial charge < -0.3 is 5.11 Å². The van der Waals surface area contributed by atoms with Crippen LogP contribution >= 0.6 is 11.8 Å². The molecule has 0 aromatic heterocycles. The Morgan fingerprint density at radius 3 is 2.54 bits per heavy atom. The van der Waals surface area contributed by atoms with Crippen LogP contribution in [0.15, 0.2) is 29.2 Å². The number of aryl methyl sites for hydroxylation is 1. The van der Waals surface area contributed by atoms with Crippen LogP contribution in [0.4, 0.5) is 0 Å². The standard InChI is InChI=1S/C11H16OS/c1-8-5-4-6-11(7-8)13-10(3)9(2)12/h4-7,9-10,12H,1-3H3. The third kappa shape index (κ3) is 3.41. The number of aliphatic hydroxyl groups excluding tert-OH is 1. The van der Waals surface area contributed by atoms with Crippen LogP contribution in [0.2, 0.25) is 0 Å². The Bertz CT molecular complexity index is 271. The summed E-state index contributed by atoms with van der Waals surface area (Å²) < 4.78 is 0. The van der Waals surface area contributed by atoms with E-state index in [0.717, 1.165) is 0 Å². The molecule has 2 heteroatoms. The highest BCUT2D eigenvalue weighted by Crippen LogP contribution is 2.25. The van der Waals surface area contributed by atoms with Gasteiger partial charge in [-0.05, 0) is 26.0 Å². The van der Waals surface area contributed by atoms with Crippen molar-refractivity contribution in [2.24, 2.45) is 0 Å². The zero-order chi connectivity index (χ0) is 9.84. The molecule has 0 fully saturated rings. The Kier molecular flexibility index (Phi) is 3.82. The zero-order valence-corrected chi connectivity index (χ0v) is 9.14. The molecule has 1 aromatic carbocycles. The fourth-order valence-corrected chi connectivity index (χ4v) is 2.04. The smallest absolute Gasteiger partial charge is 0.0631 e. The third-order valence-corrected chi connectivity index (χ3v) is 3.28. The minimum atomic E-state index is -0.259. The molecule has 0 radical (unpaired) electrons. The van der Waals surface area contributed by atoms with E-state index in [-0.39, 0.29) is 11.4 Å². The lowest BCUT2D eigenvalue weighted by atomic mass is 10.2. The average Bonchev–Trinajstić information content (AvgIpc) is 2.04. The minimum Gasteiger partial charge on any atom is -0.392 e. The highest BCUT2D eigenvalue weighted by Gasteiger charge is 2.09. The van der Waals surface area contributed by atoms with Crippen molar-refractivity contribution >= 4 is 11.8 Å². The molecule has 0 saturated carbocycles. The molecule has 0 aliphatic carbocycles. The normalized spacial score (nSPS) is 15.4. The van der Waals surface area contributed by atoms with Crippen molar-refractivity contribution in [3.8, 4) is 0 Å². The Morgan fingerprint density at radius 2 is 2.00 bits per heavy atom. The van der Waals surface area contributed by atoms with Gasteiger partial charge in [0, 0.05) is 10.1 Å². The lowest BCUT2D eigenvalue weighted by Gasteiger charge is -2.13. The molecule has 2 unspecified atom stereocenters. The van der Waals surface area contributed by atoms with Crippen molar-refractivity contribution in [1.82, 2.24) is 0 Å². The first-order valence-electron chi connectivity index (χ1n) is 4.51. The molecule has 0 heterocycles. The van der Waals surface area contributed by atoms with Crippen molar-refractivity contribution in [3.63, 3.8) is 0 Å². The van der Waals surface area contributed by atoms with Crippen molar-refractivity contribution in [3.05, 3.63) is 29.8 Å². The maximum Gasteiger partial charge on any atom is 0.0631 e. The average molecular weight is 196 g/mol. The lowest BCUT2D eigenvalue weighted by Crippen LogP contribution is -2.14. The van der Waals surface area contributed by atoms with Crippen LogP contribution in [0.5, 0.6) is 0 Å². The fourth-order valence-electron chi connectivity index (χ4n) is 1.00. The molecule has 1 rings (SSSR count). The van der Waals surface area contributed by atoms with Crippen LogP contribution in [-0.4, -0.2) is 16.5 Å². The van der Waals surface area contributed by atoms with Gasteiger partial charge in [0.05, 0.1) is 6.10 Å². The molecule has 0 bridgehead atoms. The molecule has 1 N–H and O–H groups in total. The molecule has 0 amide bonds. The van der Waals surface area contributed by atoms with Gasteiger partial charge in [-0.3, -0.25) is 0 Å². The fraction of sp³-hybridized carbons (Fsp3) is 0.455. The molecule has 0 aliphatic rings. The van der Waals surface area contributed by atoms with Gasteiger partial charge in [0.15, 0.2) is 0 Å². The molecular formula is C11H16OS. The summed E-state index contributed by atoms with van der Waals surface area (Å²) in [6.45, 7) is 5.95. The maximum atomic E-state index is 9.33. The molecule has 1 aromatic rings. The Morgan fingerprint density at radius 1 is 1.31 bits per heavy atom. The number of benzene rings is 1. The monoisotopic (exact) mass is 196 g/mol. The van der Waals surface area contributed by atoms with Crippen LogP contribution < -0.4 is 0 Å². The van der Waals surface area contributed by atoms with E-state index in [0.29, 0.717) is 0 Å². The number of hydrogen-bond acceptors (Lipinski definition) is 2. The second-order valence-corrected chi connectivity index (χ2v) is 4.83. The number of thioether (sulfide) groups is 1. The number of hydrogen-bond donors (Lipinski definition) is 1. The Balaban J connectivity index is 2.64. The van der Waals surface area contributed by atoms with Crippen molar-refractivity contribution in [2.45, 2.75) is 37.0 Å². The summed E-state index contributed by atoms with van der Waals surface area (Å²) in [4.78, 5) is 1.23. The van der Waals surface area contributed by atoms with E-state index in [1.54, 1.807) is 11.8 Å². The largest absolute Gasteiger partial charge is 0.392 e. The summed E-state index contributed by atoms with van der Waals surface area (Å²) in [6.07, 6.45) is -0.259. The zero-order valence-electron chi connectivity index (χ0n) is 8.32. The molecule has 0 spiro atoms. The maximum absolute atomic E-state index is 9.33. The molecule has 13 heavy (non-hydrogen) atoms. The quantitative estimate of drug-likeness (QED) is 0.750. The van der Waals surface area contributed by atoms with Crippen LogP contribution in [0, 0.1) is 6.92 Å². The first-order valence-corrected chi connectivity index (χ1v) is 5.39. The Hall–Kier alpha value is -0.470. The van der Waals surface area contributed by atoms with Gasteiger partial charge in [0.2, 0.25) is 0 Å². The van der Waals surface area contributed by atoms with E-state index in [1.807, 2.05) is 19.9 Å². The van der Waals surface area contributed by atoms with E-state index in [4.69, 9.17) is 0 Å². The van der Waals surface area contributed by atoms with Gasteiger partial charge >= 0.3 is 0 Å². The van der Waals surface area contributed by atoms with Crippen LogP contribution in [0.25, 0.3) is 0 Å². The second-order valence-electron chi connectivity index (χ2n) is 3.38. The van der Waals surface area contributed by atoms with Crippen LogP contribution in [0.1, 0.15) is 19.4 Å². The molecule has 0 aliphatic heterocycles. The van der Waals surface area contributed by atoms with Crippen LogP contribution in [-0.2, 0) is 0 Å². The van der Waals surface area contributed by atoms with Gasteiger partial charge in [0.1, 0.15) is 0 Å². The second kappa shape index (κ2) is 4.68. The van der Waals surface area contributed by atoms with Crippen molar-refractivity contribution in [2.75, 3.05) is 0 Å². The predicted octanol–water partition coefficient (Wildman–Crippen LogP) is 2.86. The molecule has 0 saturated heterocycles. The first-order chi connectivity index (χ1) is 6.09. The van der Waals surface area contributed by atoms with E-state index in [9.17, 15) is 5.11 Å². The third-order valence-electron chi connectivity index (χ3n) is 1.99. The topological polar surface area (TPSA) is 20.2 Å². The Labute approximate surface area is 84.2 Å². The predicted molar refractivity (Wildman–Crippen MR) is 58.2 cm³/mol. The van der Waals surface area contributed by atoms with Gasteiger partial charge in [-0.1, -0.05) is 24.6 Å². The molecule has 2 atom stereocenters. The van der Waals surface area contributed by atoms with E-state index >= 15 is 0 Å². The first kappa shape index (κ1) is 10.6. The lowest BCUT2D eigenvalue weighted by molar-refractivity contribution is 0.196. The van der Waals surface area contributed by atoms with Gasteiger partial charge in [-0.25, -0.2) is 0 Å². The summed E-state index contributed by atoms with van der Waals surface area (Å²) in [5, 5.41) is 9.58. The SMILES string of the molecule is Cc1cccc(SC(C)C(C)O)c1. The van der Waals surface area contributed by atoms with Crippen LogP contribution in [0.3, 0.4) is 0 Å². The highest BCUT2D eigenvalue weighted by atomic mass is 32.2. The molecule has 72 valence electrons. The van der Waals surface area contributed by atoms with Gasteiger partial charge in [-0.2, -0.15) is 0 Å². The minimum absolute atomic E-state index is 0.252. The van der Waals surface area contributed by atoms with E-state index < -0.39 is 0 Å². The summed E-state index contributed by atoms with van der Waals surface area (Å²) >= 11 is 1.72. The number of aliphatic hydroxyl groups is 1. The van der Waals surface area contributed by atoms with Gasteiger partial charge in [0.25, 0.3) is 0 Å². The molecule has 1 nitrogen and oxygen atoms in total. The summed E-state index contributed by atoms with van der Waals surface area (Å²) in [5.41, 5.74) is 1.27. The van der Waals surface area contributed by atoms with E-state index in [1.165, 1.54) is 10.5 Å². The van der Waals surface area contributed by atoms with Crippen molar-refractivity contribution < 1.29 is 5.11 Å². The highest BCUT2D eigenvalue weighted by molar-refractivity contribution is 8.00. The van der Waals surface area contributed by atoms with E-state index in [2.05, 4.69) is 25.1 Å². The summed E-state index contributed by atoms with van der Waals surface area (Å²) in [5.74, 6) is 0. The summed E-state index contributed by atoms with van der Waals surface area (Å²) in [7, 11) is 0. The number of rotatable bonds is 3. The van der Waals surface area contributed by atoms with Gasteiger partial charge in [-0.15, -0.1) is 11.8 Å². The molecular weight excluding hydrogens is 180 g/mol. The summed E-state index contributed by atoms with van der Waals surface area (Å²) in [6, 6.07) is 8.35. The van der Waals surface area contributed by atoms with Crippen molar-refractivity contribution in [1.29, 1.82) is 0 Å².